The lowest BCUT2D eigenvalue weighted by atomic mass is 9.39. The van der Waals surface area contributed by atoms with Gasteiger partial charge >= 0.3 is 23.9 Å². The molecule has 33 heavy (non-hydrogen) atoms. The number of carbonyl (C=O) groups excluding carboxylic acids is 4. The van der Waals surface area contributed by atoms with Gasteiger partial charge in [-0.2, -0.15) is 0 Å². The van der Waals surface area contributed by atoms with Gasteiger partial charge in [0.2, 0.25) is 0 Å². The van der Waals surface area contributed by atoms with E-state index in [4.69, 9.17) is 23.4 Å². The zero-order valence-electron chi connectivity index (χ0n) is 18.6. The van der Waals surface area contributed by atoms with Gasteiger partial charge in [-0.15, -0.1) is 0 Å². The number of rotatable bonds is 3. The third-order valence-electron chi connectivity index (χ3n) is 8.41. The first-order chi connectivity index (χ1) is 15.6. The minimum Gasteiger partial charge on any atom is -0.472 e. The molecule has 1 aromatic rings. The Bertz CT molecular complexity index is 1020. The van der Waals surface area contributed by atoms with E-state index in [0.29, 0.717) is 12.0 Å². The van der Waals surface area contributed by atoms with Crippen molar-refractivity contribution in [2.75, 3.05) is 7.11 Å². The molecule has 10 heteroatoms. The normalized spacial score (nSPS) is 43.6. The summed E-state index contributed by atoms with van der Waals surface area (Å²) in [7, 11) is 1.23. The SMILES string of the molecule is COC(=O)[C@H]1C[C@@H]2C[C@@H]3[C@]1(C(=O)O2)[C@@H](OC(C)=O)C[C@@]1(O)C(=O)O[C@H](c2ccoc2)C[C@@]31C. The second kappa shape index (κ2) is 7.06. The number of cyclic esters (lactones) is 1. The van der Waals surface area contributed by atoms with E-state index in [1.807, 2.05) is 0 Å². The molecule has 0 unspecified atom stereocenters. The van der Waals surface area contributed by atoms with Crippen molar-refractivity contribution in [3.8, 4) is 0 Å². The summed E-state index contributed by atoms with van der Waals surface area (Å²) in [6, 6.07) is 1.67. The van der Waals surface area contributed by atoms with Crippen LogP contribution in [0.3, 0.4) is 0 Å². The van der Waals surface area contributed by atoms with Crippen molar-refractivity contribution in [3.63, 3.8) is 0 Å². The van der Waals surface area contributed by atoms with Gasteiger partial charge in [0.15, 0.2) is 5.60 Å². The molecular formula is C23H26O10. The van der Waals surface area contributed by atoms with Crippen LogP contribution in [0.15, 0.2) is 23.0 Å². The number of esters is 4. The van der Waals surface area contributed by atoms with Gasteiger partial charge in [-0.25, -0.2) is 4.79 Å². The molecule has 2 aliphatic carbocycles. The Morgan fingerprint density at radius 2 is 1.91 bits per heavy atom. The number of carbonyl (C=O) groups is 4. The van der Waals surface area contributed by atoms with E-state index in [1.165, 1.54) is 26.6 Å². The summed E-state index contributed by atoms with van der Waals surface area (Å²) in [4.78, 5) is 51.7. The third kappa shape index (κ3) is 2.70. The van der Waals surface area contributed by atoms with Crippen LogP contribution in [-0.4, -0.2) is 53.9 Å². The van der Waals surface area contributed by atoms with Gasteiger partial charge in [-0.1, -0.05) is 6.92 Å². The summed E-state index contributed by atoms with van der Waals surface area (Å²) in [5.41, 5.74) is -4.20. The first-order valence-electron chi connectivity index (χ1n) is 11.0. The molecule has 8 atom stereocenters. The van der Waals surface area contributed by atoms with Crippen molar-refractivity contribution in [1.82, 2.24) is 0 Å². The van der Waals surface area contributed by atoms with Crippen LogP contribution < -0.4 is 0 Å². The molecule has 5 aliphatic rings. The average Bonchev–Trinajstić information content (AvgIpc) is 3.30. The lowest BCUT2D eigenvalue weighted by molar-refractivity contribution is -0.304. The molecule has 2 bridgehead atoms. The van der Waals surface area contributed by atoms with Crippen molar-refractivity contribution in [2.45, 2.75) is 63.4 Å². The molecule has 1 N–H and O–H groups in total. The molecule has 3 aliphatic heterocycles. The lowest BCUT2D eigenvalue weighted by Crippen LogP contribution is -2.78. The quantitative estimate of drug-likeness (QED) is 0.519. The van der Waals surface area contributed by atoms with Crippen LogP contribution >= 0.6 is 0 Å². The zero-order valence-corrected chi connectivity index (χ0v) is 18.6. The first kappa shape index (κ1) is 21.9. The summed E-state index contributed by atoms with van der Waals surface area (Å²) in [5, 5.41) is 11.8. The van der Waals surface area contributed by atoms with Gasteiger partial charge in [0.05, 0.1) is 25.6 Å². The van der Waals surface area contributed by atoms with Crippen molar-refractivity contribution < 1.29 is 47.6 Å². The van der Waals surface area contributed by atoms with Crippen LogP contribution in [0.5, 0.6) is 0 Å². The Morgan fingerprint density at radius 1 is 1.15 bits per heavy atom. The molecular weight excluding hydrogens is 436 g/mol. The highest BCUT2D eigenvalue weighted by Crippen LogP contribution is 2.70. The number of methoxy groups -OCH3 is 1. The molecule has 1 spiro atoms. The van der Waals surface area contributed by atoms with Crippen LogP contribution in [0.25, 0.3) is 0 Å². The van der Waals surface area contributed by atoms with Gasteiger partial charge in [0.25, 0.3) is 0 Å². The van der Waals surface area contributed by atoms with E-state index in [2.05, 4.69) is 0 Å². The summed E-state index contributed by atoms with van der Waals surface area (Å²) < 4.78 is 26.9. The molecule has 178 valence electrons. The van der Waals surface area contributed by atoms with E-state index in [1.54, 1.807) is 13.0 Å². The van der Waals surface area contributed by atoms with Crippen molar-refractivity contribution in [2.24, 2.45) is 22.7 Å². The second-order valence-electron chi connectivity index (χ2n) is 9.79. The molecule has 1 aromatic heterocycles. The zero-order chi connectivity index (χ0) is 23.8. The van der Waals surface area contributed by atoms with Crippen LogP contribution in [0.4, 0.5) is 0 Å². The van der Waals surface area contributed by atoms with Gasteiger partial charge in [0.1, 0.15) is 23.7 Å². The third-order valence-corrected chi connectivity index (χ3v) is 8.41. The molecule has 3 saturated heterocycles. The molecule has 10 nitrogen and oxygen atoms in total. The number of ether oxygens (including phenoxy) is 4. The number of hydrogen-bond acceptors (Lipinski definition) is 10. The molecule has 2 saturated carbocycles. The molecule has 4 heterocycles. The molecule has 5 fully saturated rings. The van der Waals surface area contributed by atoms with Gasteiger partial charge < -0.3 is 28.5 Å². The van der Waals surface area contributed by atoms with Crippen LogP contribution in [0.2, 0.25) is 0 Å². The first-order valence-corrected chi connectivity index (χ1v) is 11.0. The average molecular weight is 462 g/mol. The fraction of sp³-hybridized carbons (Fsp3) is 0.652. The smallest absolute Gasteiger partial charge is 0.339 e. The molecule has 0 aromatic carbocycles. The maximum absolute atomic E-state index is 13.5. The highest BCUT2D eigenvalue weighted by molar-refractivity contribution is 5.91. The summed E-state index contributed by atoms with van der Waals surface area (Å²) >= 11 is 0. The van der Waals surface area contributed by atoms with E-state index >= 15 is 0 Å². The van der Waals surface area contributed by atoms with E-state index in [9.17, 15) is 24.3 Å². The minimum absolute atomic E-state index is 0.182. The van der Waals surface area contributed by atoms with Crippen molar-refractivity contribution in [1.29, 1.82) is 0 Å². The van der Waals surface area contributed by atoms with Gasteiger partial charge in [-0.3, -0.25) is 14.4 Å². The Balaban J connectivity index is 1.69. The topological polar surface area (TPSA) is 139 Å². The number of hydrogen-bond donors (Lipinski definition) is 1. The summed E-state index contributed by atoms with van der Waals surface area (Å²) in [5.74, 6) is -4.50. The lowest BCUT2D eigenvalue weighted by Gasteiger charge is -2.67. The predicted molar refractivity (Wildman–Crippen MR) is 106 cm³/mol. The van der Waals surface area contributed by atoms with Crippen LogP contribution in [0.1, 0.15) is 51.2 Å². The number of furan rings is 1. The molecule has 0 amide bonds. The fourth-order valence-corrected chi connectivity index (χ4v) is 6.91. The Labute approximate surface area is 189 Å². The second-order valence-corrected chi connectivity index (χ2v) is 9.79. The maximum Gasteiger partial charge on any atom is 0.339 e. The monoisotopic (exact) mass is 462 g/mol. The Hall–Kier alpha value is -2.88. The highest BCUT2D eigenvalue weighted by Gasteiger charge is 2.80. The number of aliphatic hydroxyl groups is 1. The Morgan fingerprint density at radius 3 is 2.55 bits per heavy atom. The molecule has 0 radical (unpaired) electrons. The van der Waals surface area contributed by atoms with Gasteiger partial charge in [0, 0.05) is 24.3 Å². The molecule has 6 rings (SSSR count). The number of fused-ring (bicyclic) bond motifs is 3. The van der Waals surface area contributed by atoms with Crippen molar-refractivity contribution in [3.05, 3.63) is 24.2 Å². The van der Waals surface area contributed by atoms with Gasteiger partial charge in [-0.05, 0) is 31.2 Å². The Kier molecular flexibility index (Phi) is 4.69. The summed E-state index contributed by atoms with van der Waals surface area (Å²) in [6.07, 6.45) is 0.661. The summed E-state index contributed by atoms with van der Waals surface area (Å²) in [6.45, 7) is 2.91. The van der Waals surface area contributed by atoms with E-state index in [0.717, 1.165) is 0 Å². The van der Waals surface area contributed by atoms with Crippen LogP contribution in [0, 0.1) is 22.7 Å². The van der Waals surface area contributed by atoms with E-state index < -0.39 is 76.9 Å². The van der Waals surface area contributed by atoms with Crippen molar-refractivity contribution >= 4 is 23.9 Å². The maximum atomic E-state index is 13.5. The van der Waals surface area contributed by atoms with E-state index in [-0.39, 0.29) is 12.8 Å². The largest absolute Gasteiger partial charge is 0.472 e. The minimum atomic E-state index is -2.04. The highest BCUT2D eigenvalue weighted by atomic mass is 16.6. The standard InChI is InChI=1S/C23H26O10/c1-11(24)31-17-9-22(28)19(26)33-15(12-4-5-30-10-12)8-21(22,2)16-7-13-6-14(18(25)29-3)23(16,17)20(27)32-13/h4-5,10,13-17,28H,6-9H2,1-3H3/t13-,14-,15+,16+,17+,21+,22-,23+/m1/s1. The van der Waals surface area contributed by atoms with Crippen LogP contribution in [-0.2, 0) is 38.1 Å². The predicted octanol–water partition coefficient (Wildman–Crippen LogP) is 1.45. The fourth-order valence-electron chi connectivity index (χ4n) is 6.91.